The van der Waals surface area contributed by atoms with Crippen LogP contribution in [0.2, 0.25) is 0 Å². The van der Waals surface area contributed by atoms with Crippen LogP contribution in [0.15, 0.2) is 53.0 Å². The summed E-state index contributed by atoms with van der Waals surface area (Å²) in [6, 6.07) is 14.9. The van der Waals surface area contributed by atoms with Gasteiger partial charge in [0.15, 0.2) is 5.78 Å². The molecule has 0 fully saturated rings. The summed E-state index contributed by atoms with van der Waals surface area (Å²) >= 11 is 9.56. The molecule has 0 radical (unpaired) electrons. The Kier molecular flexibility index (Phi) is 4.20. The van der Waals surface area contributed by atoms with Crippen molar-refractivity contribution in [2.75, 3.05) is 0 Å². The Bertz CT molecular complexity index is 546. The van der Waals surface area contributed by atoms with Crippen LogP contribution in [0, 0.1) is 6.92 Å². The third kappa shape index (κ3) is 3.01. The normalized spacial score (nSPS) is 12.2. The SMILES string of the molecule is Cc1ccc(C(Cl)C(=O)c2ccc(Br)cc2)cc1. The molecule has 18 heavy (non-hydrogen) atoms. The summed E-state index contributed by atoms with van der Waals surface area (Å²) in [6.07, 6.45) is 0. The molecule has 1 unspecified atom stereocenters. The van der Waals surface area contributed by atoms with Gasteiger partial charge in [0.2, 0.25) is 0 Å². The predicted octanol–water partition coefficient (Wildman–Crippen LogP) is 4.92. The number of carbonyl (C=O) groups is 1. The molecular formula is C15H12BrClO. The Morgan fingerprint density at radius 2 is 1.61 bits per heavy atom. The molecule has 0 aliphatic rings. The molecule has 0 spiro atoms. The van der Waals surface area contributed by atoms with Crippen molar-refractivity contribution >= 4 is 33.3 Å². The monoisotopic (exact) mass is 322 g/mol. The third-order valence-corrected chi connectivity index (χ3v) is 3.71. The highest BCUT2D eigenvalue weighted by atomic mass is 79.9. The molecule has 1 atom stereocenters. The third-order valence-electron chi connectivity index (χ3n) is 2.73. The fraction of sp³-hybridized carbons (Fsp3) is 0.133. The van der Waals surface area contributed by atoms with Gasteiger partial charge in [-0.3, -0.25) is 4.79 Å². The number of aryl methyl sites for hydroxylation is 1. The zero-order chi connectivity index (χ0) is 13.1. The van der Waals surface area contributed by atoms with Gasteiger partial charge in [-0.25, -0.2) is 0 Å². The van der Waals surface area contributed by atoms with Crippen LogP contribution in [0.25, 0.3) is 0 Å². The van der Waals surface area contributed by atoms with Gasteiger partial charge in [0.05, 0.1) is 0 Å². The average Bonchev–Trinajstić information content (AvgIpc) is 2.39. The van der Waals surface area contributed by atoms with Crippen molar-refractivity contribution in [3.63, 3.8) is 0 Å². The van der Waals surface area contributed by atoms with E-state index in [4.69, 9.17) is 11.6 Å². The van der Waals surface area contributed by atoms with Crippen molar-refractivity contribution in [3.05, 3.63) is 69.7 Å². The molecule has 0 N–H and O–H groups in total. The number of ketones is 1. The lowest BCUT2D eigenvalue weighted by molar-refractivity contribution is 0.0987. The molecular weight excluding hydrogens is 312 g/mol. The molecule has 0 aliphatic heterocycles. The predicted molar refractivity (Wildman–Crippen MR) is 78.2 cm³/mol. The van der Waals surface area contributed by atoms with Gasteiger partial charge in [-0.15, -0.1) is 11.6 Å². The fourth-order valence-corrected chi connectivity index (χ4v) is 2.18. The van der Waals surface area contributed by atoms with Crippen molar-refractivity contribution in [2.45, 2.75) is 12.3 Å². The number of rotatable bonds is 3. The van der Waals surface area contributed by atoms with Crippen LogP contribution in [0.1, 0.15) is 26.9 Å². The quantitative estimate of drug-likeness (QED) is 0.579. The van der Waals surface area contributed by atoms with Gasteiger partial charge < -0.3 is 0 Å². The maximum atomic E-state index is 12.2. The molecule has 2 rings (SSSR count). The molecule has 1 nitrogen and oxygen atoms in total. The summed E-state index contributed by atoms with van der Waals surface area (Å²) in [6.45, 7) is 2.00. The standard InChI is InChI=1S/C15H12BrClO/c1-10-2-4-11(5-3-10)14(17)15(18)12-6-8-13(16)9-7-12/h2-9,14H,1H3. The van der Waals surface area contributed by atoms with Gasteiger partial charge in [0.25, 0.3) is 0 Å². The van der Waals surface area contributed by atoms with Crippen LogP contribution in [0.4, 0.5) is 0 Å². The molecule has 0 bridgehead atoms. The molecule has 0 amide bonds. The molecule has 0 saturated heterocycles. The average molecular weight is 324 g/mol. The first-order valence-corrected chi connectivity index (χ1v) is 6.81. The van der Waals surface area contributed by atoms with Crippen LogP contribution in [-0.4, -0.2) is 5.78 Å². The Labute approximate surface area is 120 Å². The van der Waals surface area contributed by atoms with Gasteiger partial charge >= 0.3 is 0 Å². The number of Topliss-reactive ketones (excluding diaryl/α,β-unsaturated/α-hetero) is 1. The Morgan fingerprint density at radius 1 is 1.06 bits per heavy atom. The van der Waals surface area contributed by atoms with Crippen LogP contribution in [0.5, 0.6) is 0 Å². The molecule has 3 heteroatoms. The van der Waals surface area contributed by atoms with Gasteiger partial charge in [-0.2, -0.15) is 0 Å². The fourth-order valence-electron chi connectivity index (χ4n) is 1.65. The zero-order valence-corrected chi connectivity index (χ0v) is 12.2. The van der Waals surface area contributed by atoms with E-state index in [0.717, 1.165) is 15.6 Å². The second-order valence-electron chi connectivity index (χ2n) is 4.14. The minimum Gasteiger partial charge on any atom is -0.292 e. The van der Waals surface area contributed by atoms with Crippen LogP contribution in [0.3, 0.4) is 0 Å². The Morgan fingerprint density at radius 3 is 2.17 bits per heavy atom. The topological polar surface area (TPSA) is 17.1 Å². The van der Waals surface area contributed by atoms with E-state index in [1.165, 1.54) is 0 Å². The van der Waals surface area contributed by atoms with E-state index in [2.05, 4.69) is 15.9 Å². The Balaban J connectivity index is 2.23. The van der Waals surface area contributed by atoms with E-state index in [0.29, 0.717) is 5.56 Å². The largest absolute Gasteiger partial charge is 0.292 e. The first-order chi connectivity index (χ1) is 8.58. The number of alkyl halides is 1. The smallest absolute Gasteiger partial charge is 0.185 e. The first kappa shape index (κ1) is 13.3. The van der Waals surface area contributed by atoms with Gasteiger partial charge in [0, 0.05) is 10.0 Å². The lowest BCUT2D eigenvalue weighted by Gasteiger charge is -2.09. The number of benzene rings is 2. The number of hydrogen-bond acceptors (Lipinski definition) is 1. The highest BCUT2D eigenvalue weighted by Gasteiger charge is 2.18. The van der Waals surface area contributed by atoms with Crippen molar-refractivity contribution in [1.82, 2.24) is 0 Å². The minimum atomic E-state index is -0.633. The van der Waals surface area contributed by atoms with E-state index in [1.54, 1.807) is 12.1 Å². The van der Waals surface area contributed by atoms with E-state index in [-0.39, 0.29) is 5.78 Å². The van der Waals surface area contributed by atoms with Crippen LogP contribution in [-0.2, 0) is 0 Å². The molecule has 2 aromatic carbocycles. The van der Waals surface area contributed by atoms with Crippen LogP contribution >= 0.6 is 27.5 Å². The summed E-state index contributed by atoms with van der Waals surface area (Å²) in [5.41, 5.74) is 2.60. The summed E-state index contributed by atoms with van der Waals surface area (Å²) in [5, 5.41) is -0.633. The highest BCUT2D eigenvalue weighted by molar-refractivity contribution is 9.10. The molecule has 0 saturated carbocycles. The maximum Gasteiger partial charge on any atom is 0.185 e. The minimum absolute atomic E-state index is 0.0759. The second kappa shape index (κ2) is 5.68. The van der Waals surface area contributed by atoms with E-state index in [9.17, 15) is 4.79 Å². The maximum absolute atomic E-state index is 12.2. The van der Waals surface area contributed by atoms with Crippen LogP contribution < -0.4 is 0 Å². The van der Waals surface area contributed by atoms with Crippen molar-refractivity contribution in [2.24, 2.45) is 0 Å². The van der Waals surface area contributed by atoms with Crippen molar-refractivity contribution < 1.29 is 4.79 Å². The lowest BCUT2D eigenvalue weighted by Crippen LogP contribution is -2.07. The van der Waals surface area contributed by atoms with E-state index in [1.807, 2.05) is 43.3 Å². The van der Waals surface area contributed by atoms with E-state index < -0.39 is 5.38 Å². The number of carbonyl (C=O) groups excluding carboxylic acids is 1. The summed E-state index contributed by atoms with van der Waals surface area (Å²) in [4.78, 5) is 12.2. The molecule has 0 heterocycles. The van der Waals surface area contributed by atoms with E-state index >= 15 is 0 Å². The van der Waals surface area contributed by atoms with Gasteiger partial charge in [0.1, 0.15) is 5.38 Å². The lowest BCUT2D eigenvalue weighted by atomic mass is 10.0. The zero-order valence-electron chi connectivity index (χ0n) is 9.86. The highest BCUT2D eigenvalue weighted by Crippen LogP contribution is 2.26. The second-order valence-corrected chi connectivity index (χ2v) is 5.50. The van der Waals surface area contributed by atoms with Crippen molar-refractivity contribution in [3.8, 4) is 0 Å². The summed E-state index contributed by atoms with van der Waals surface area (Å²) < 4.78 is 0.945. The number of halogens is 2. The first-order valence-electron chi connectivity index (χ1n) is 5.58. The van der Waals surface area contributed by atoms with Gasteiger partial charge in [-0.1, -0.05) is 57.9 Å². The number of hydrogen-bond donors (Lipinski definition) is 0. The summed E-state index contributed by atoms with van der Waals surface area (Å²) in [5.74, 6) is -0.0759. The molecule has 92 valence electrons. The molecule has 0 aliphatic carbocycles. The summed E-state index contributed by atoms with van der Waals surface area (Å²) in [7, 11) is 0. The Hall–Kier alpha value is -1.12. The molecule has 0 aromatic heterocycles. The van der Waals surface area contributed by atoms with Crippen molar-refractivity contribution in [1.29, 1.82) is 0 Å². The molecule has 2 aromatic rings. The van der Waals surface area contributed by atoms with Gasteiger partial charge in [-0.05, 0) is 24.6 Å².